The molecule has 1 aliphatic carbocycles. The third-order valence-corrected chi connectivity index (χ3v) is 6.01. The largest absolute Gasteiger partial charge is 0.497 e. The van der Waals surface area contributed by atoms with Crippen molar-refractivity contribution >= 4 is 17.7 Å². The molecule has 0 unspecified atom stereocenters. The van der Waals surface area contributed by atoms with Crippen molar-refractivity contribution in [1.29, 1.82) is 0 Å². The third kappa shape index (κ3) is 4.94. The molecule has 2 aromatic rings. The van der Waals surface area contributed by atoms with Crippen LogP contribution >= 0.6 is 11.8 Å². The molecule has 1 heterocycles. The molecule has 3 N–H and O–H groups in total. The van der Waals surface area contributed by atoms with Gasteiger partial charge in [-0.15, -0.1) is 10.2 Å². The number of benzene rings is 1. The summed E-state index contributed by atoms with van der Waals surface area (Å²) in [6, 6.07) is 7.44. The highest BCUT2D eigenvalue weighted by Gasteiger charge is 2.21. The summed E-state index contributed by atoms with van der Waals surface area (Å²) in [6.07, 6.45) is 6.29. The van der Waals surface area contributed by atoms with Crippen LogP contribution in [0.4, 0.5) is 0 Å². The molecular formula is C19H27N5O2S. The molecule has 1 fully saturated rings. The van der Waals surface area contributed by atoms with Crippen LogP contribution in [0.15, 0.2) is 29.4 Å². The highest BCUT2D eigenvalue weighted by Crippen LogP contribution is 2.26. The molecule has 0 bridgehead atoms. The first-order valence-corrected chi connectivity index (χ1v) is 10.3. The maximum Gasteiger partial charge on any atom is 0.233 e. The van der Waals surface area contributed by atoms with Gasteiger partial charge >= 0.3 is 0 Å². The molecule has 7 nitrogen and oxygen atoms in total. The lowest BCUT2D eigenvalue weighted by Crippen LogP contribution is -2.35. The fourth-order valence-corrected chi connectivity index (χ4v) is 4.08. The second kappa shape index (κ2) is 9.12. The summed E-state index contributed by atoms with van der Waals surface area (Å²) in [5.74, 6) is 8.09. The predicted octanol–water partition coefficient (Wildman–Crippen LogP) is 2.84. The third-order valence-electron chi connectivity index (χ3n) is 4.95. The SMILES string of the molecule is COc1ccc(-c2nnc(S[C@H](C)C(=O)NCC3CCCCC3)n2N)cc1. The normalized spacial score (nSPS) is 16.1. The van der Waals surface area contributed by atoms with E-state index in [1.165, 1.54) is 48.5 Å². The summed E-state index contributed by atoms with van der Waals surface area (Å²) in [5.41, 5.74) is 0.840. The van der Waals surface area contributed by atoms with E-state index >= 15 is 0 Å². The topological polar surface area (TPSA) is 95.1 Å². The lowest BCUT2D eigenvalue weighted by Gasteiger charge is -2.22. The Kier molecular flexibility index (Phi) is 6.60. The van der Waals surface area contributed by atoms with Crippen LogP contribution in [0.5, 0.6) is 5.75 Å². The predicted molar refractivity (Wildman–Crippen MR) is 107 cm³/mol. The molecule has 1 atom stereocenters. The Bertz CT molecular complexity index is 756. The molecule has 1 saturated carbocycles. The molecule has 1 amide bonds. The van der Waals surface area contributed by atoms with Gasteiger partial charge in [-0.25, -0.2) is 4.68 Å². The highest BCUT2D eigenvalue weighted by atomic mass is 32.2. The minimum atomic E-state index is -0.288. The molecule has 0 saturated heterocycles. The Morgan fingerprint density at radius 1 is 1.30 bits per heavy atom. The summed E-state index contributed by atoms with van der Waals surface area (Å²) in [4.78, 5) is 12.4. The number of ether oxygens (including phenoxy) is 1. The summed E-state index contributed by atoms with van der Waals surface area (Å²) < 4.78 is 6.59. The van der Waals surface area contributed by atoms with E-state index in [0.717, 1.165) is 17.9 Å². The first kappa shape index (κ1) is 19.5. The van der Waals surface area contributed by atoms with E-state index in [1.54, 1.807) is 7.11 Å². The Morgan fingerprint density at radius 3 is 2.67 bits per heavy atom. The average Bonchev–Trinajstić information content (AvgIpc) is 3.07. The van der Waals surface area contributed by atoms with E-state index < -0.39 is 0 Å². The number of aromatic nitrogens is 3. The van der Waals surface area contributed by atoms with Gasteiger partial charge in [-0.3, -0.25) is 4.79 Å². The maximum absolute atomic E-state index is 12.4. The van der Waals surface area contributed by atoms with Crippen molar-refractivity contribution in [2.45, 2.75) is 49.4 Å². The number of rotatable bonds is 7. The zero-order valence-corrected chi connectivity index (χ0v) is 16.7. The van der Waals surface area contributed by atoms with Gasteiger partial charge in [0.05, 0.1) is 12.4 Å². The number of carbonyl (C=O) groups is 1. The van der Waals surface area contributed by atoms with Gasteiger partial charge in [-0.05, 0) is 49.9 Å². The van der Waals surface area contributed by atoms with Crippen LogP contribution in [0.25, 0.3) is 11.4 Å². The van der Waals surface area contributed by atoms with Crippen molar-refractivity contribution < 1.29 is 9.53 Å². The fourth-order valence-electron chi connectivity index (χ4n) is 3.29. The van der Waals surface area contributed by atoms with Crippen LogP contribution in [0.2, 0.25) is 0 Å². The number of nitrogens with zero attached hydrogens (tertiary/aromatic N) is 3. The van der Waals surface area contributed by atoms with Gasteiger partial charge in [-0.1, -0.05) is 31.0 Å². The van der Waals surface area contributed by atoms with Crippen molar-refractivity contribution in [2.75, 3.05) is 19.5 Å². The molecule has 0 aliphatic heterocycles. The van der Waals surface area contributed by atoms with Crippen molar-refractivity contribution in [2.24, 2.45) is 5.92 Å². The Hall–Kier alpha value is -2.22. The summed E-state index contributed by atoms with van der Waals surface area (Å²) in [7, 11) is 1.62. The van der Waals surface area contributed by atoms with Gasteiger partial charge in [0.15, 0.2) is 5.82 Å². The second-order valence-corrected chi connectivity index (χ2v) is 8.22. The molecular weight excluding hydrogens is 362 g/mol. The van der Waals surface area contributed by atoms with Gasteiger partial charge < -0.3 is 15.9 Å². The Morgan fingerprint density at radius 2 is 2.00 bits per heavy atom. The number of carbonyl (C=O) groups excluding carboxylic acids is 1. The molecule has 3 rings (SSSR count). The molecule has 1 aromatic heterocycles. The lowest BCUT2D eigenvalue weighted by molar-refractivity contribution is -0.120. The van der Waals surface area contributed by atoms with Crippen molar-refractivity contribution in [3.8, 4) is 17.1 Å². The number of nitrogen functional groups attached to an aromatic ring is 1. The molecule has 146 valence electrons. The maximum atomic E-state index is 12.4. The number of thioether (sulfide) groups is 1. The second-order valence-electron chi connectivity index (χ2n) is 6.91. The molecule has 0 radical (unpaired) electrons. The average molecular weight is 390 g/mol. The zero-order valence-electron chi connectivity index (χ0n) is 15.9. The van der Waals surface area contributed by atoms with Gasteiger partial charge in [0.1, 0.15) is 5.75 Å². The smallest absolute Gasteiger partial charge is 0.233 e. The number of hydrogen-bond acceptors (Lipinski definition) is 6. The van der Waals surface area contributed by atoms with Gasteiger partial charge in [0.25, 0.3) is 0 Å². The summed E-state index contributed by atoms with van der Waals surface area (Å²) >= 11 is 1.32. The van der Waals surface area contributed by atoms with Crippen LogP contribution in [-0.2, 0) is 4.79 Å². The van der Waals surface area contributed by atoms with E-state index in [4.69, 9.17) is 10.6 Å². The van der Waals surface area contributed by atoms with Crippen LogP contribution in [-0.4, -0.2) is 39.7 Å². The highest BCUT2D eigenvalue weighted by molar-refractivity contribution is 8.00. The van der Waals surface area contributed by atoms with Crippen LogP contribution < -0.4 is 15.9 Å². The summed E-state index contributed by atoms with van der Waals surface area (Å²) in [5, 5.41) is 11.6. The van der Waals surface area contributed by atoms with Crippen molar-refractivity contribution in [3.63, 3.8) is 0 Å². The Balaban J connectivity index is 1.58. The first-order valence-electron chi connectivity index (χ1n) is 9.37. The standard InChI is InChI=1S/C19H27N5O2S/c1-13(18(25)21-12-14-6-4-3-5-7-14)27-19-23-22-17(24(19)20)15-8-10-16(26-2)11-9-15/h8-11,13-14H,3-7,12,20H2,1-2H3,(H,21,25)/t13-/m1/s1. The molecule has 27 heavy (non-hydrogen) atoms. The molecule has 1 aliphatic rings. The van der Waals surface area contributed by atoms with Crippen LogP contribution in [0.3, 0.4) is 0 Å². The van der Waals surface area contributed by atoms with E-state index in [0.29, 0.717) is 16.9 Å². The molecule has 1 aromatic carbocycles. The fraction of sp³-hybridized carbons (Fsp3) is 0.526. The van der Waals surface area contributed by atoms with E-state index in [-0.39, 0.29) is 11.2 Å². The number of methoxy groups -OCH3 is 1. The minimum Gasteiger partial charge on any atom is -0.497 e. The monoisotopic (exact) mass is 389 g/mol. The molecule has 0 spiro atoms. The zero-order chi connectivity index (χ0) is 19.2. The number of nitrogens with one attached hydrogen (secondary N) is 1. The Labute approximate surface area is 164 Å². The van der Waals surface area contributed by atoms with E-state index in [2.05, 4.69) is 15.5 Å². The minimum absolute atomic E-state index is 0.0135. The van der Waals surface area contributed by atoms with Crippen LogP contribution in [0, 0.1) is 5.92 Å². The quantitative estimate of drug-likeness (QED) is 0.558. The van der Waals surface area contributed by atoms with Gasteiger partial charge in [0, 0.05) is 12.1 Å². The van der Waals surface area contributed by atoms with Crippen LogP contribution in [0.1, 0.15) is 39.0 Å². The van der Waals surface area contributed by atoms with Gasteiger partial charge in [0.2, 0.25) is 11.1 Å². The molecule has 8 heteroatoms. The first-order chi connectivity index (χ1) is 13.1. The lowest BCUT2D eigenvalue weighted by atomic mass is 9.89. The number of nitrogens with two attached hydrogens (primary N) is 1. The van der Waals surface area contributed by atoms with Gasteiger partial charge in [-0.2, -0.15) is 0 Å². The van der Waals surface area contributed by atoms with Crippen molar-refractivity contribution in [1.82, 2.24) is 20.2 Å². The van der Waals surface area contributed by atoms with E-state index in [9.17, 15) is 4.79 Å². The number of hydrogen-bond donors (Lipinski definition) is 2. The van der Waals surface area contributed by atoms with Crippen molar-refractivity contribution in [3.05, 3.63) is 24.3 Å². The number of amides is 1. The van der Waals surface area contributed by atoms with E-state index in [1.807, 2.05) is 31.2 Å². The summed E-state index contributed by atoms with van der Waals surface area (Å²) in [6.45, 7) is 2.62.